The van der Waals surface area contributed by atoms with Gasteiger partial charge in [-0.05, 0) is 31.6 Å². The minimum Gasteiger partial charge on any atom is -0.341 e. The third-order valence-electron chi connectivity index (χ3n) is 5.62. The van der Waals surface area contributed by atoms with Crippen LogP contribution in [0.5, 0.6) is 0 Å². The van der Waals surface area contributed by atoms with Crippen molar-refractivity contribution in [2.75, 3.05) is 38.0 Å². The highest BCUT2D eigenvalue weighted by atomic mass is 19.4. The van der Waals surface area contributed by atoms with Crippen LogP contribution in [-0.2, 0) is 17.5 Å². The molecule has 0 atom stereocenters. The summed E-state index contributed by atoms with van der Waals surface area (Å²) in [7, 11) is 0. The molecule has 0 spiro atoms. The molecule has 1 amide bonds. The quantitative estimate of drug-likeness (QED) is 0.581. The van der Waals surface area contributed by atoms with Gasteiger partial charge < -0.3 is 10.3 Å². The van der Waals surface area contributed by atoms with Gasteiger partial charge in [0.1, 0.15) is 5.82 Å². The predicted molar refractivity (Wildman–Crippen MR) is 120 cm³/mol. The summed E-state index contributed by atoms with van der Waals surface area (Å²) in [6.07, 6.45) is -1.80. The predicted octanol–water partition coefficient (Wildman–Crippen LogP) is 4.24. The molecule has 33 heavy (non-hydrogen) atoms. The lowest BCUT2D eigenvalue weighted by molar-refractivity contribution is -0.137. The van der Waals surface area contributed by atoms with Gasteiger partial charge >= 0.3 is 6.18 Å². The van der Waals surface area contributed by atoms with E-state index in [-0.39, 0.29) is 12.2 Å². The maximum atomic E-state index is 13.2. The Morgan fingerprint density at radius 3 is 2.45 bits per heavy atom. The van der Waals surface area contributed by atoms with Crippen LogP contribution >= 0.6 is 0 Å². The van der Waals surface area contributed by atoms with Crippen molar-refractivity contribution in [1.82, 2.24) is 19.8 Å². The van der Waals surface area contributed by atoms with E-state index in [0.717, 1.165) is 49.2 Å². The molecular formula is C24H26F3N5O. The number of nitrogens with zero attached hydrogens (tertiary/aromatic N) is 3. The van der Waals surface area contributed by atoms with Crippen LogP contribution in [0.3, 0.4) is 0 Å². The van der Waals surface area contributed by atoms with Crippen molar-refractivity contribution in [3.8, 4) is 11.4 Å². The van der Waals surface area contributed by atoms with Gasteiger partial charge in [-0.3, -0.25) is 14.6 Å². The summed E-state index contributed by atoms with van der Waals surface area (Å²) >= 11 is 0. The Hall–Kier alpha value is -3.17. The summed E-state index contributed by atoms with van der Waals surface area (Å²) in [4.78, 5) is 24.5. The van der Waals surface area contributed by atoms with Crippen molar-refractivity contribution in [3.05, 3.63) is 72.1 Å². The molecule has 1 fully saturated rings. The summed E-state index contributed by atoms with van der Waals surface area (Å²) in [6, 6.07) is 15.0. The van der Waals surface area contributed by atoms with E-state index >= 15 is 0 Å². The number of aromatic nitrogens is 2. The number of imidazole rings is 1. The number of alkyl halides is 3. The van der Waals surface area contributed by atoms with Gasteiger partial charge in [-0.25, -0.2) is 4.98 Å². The lowest BCUT2D eigenvalue weighted by Crippen LogP contribution is -2.36. The van der Waals surface area contributed by atoms with Gasteiger partial charge in [-0.1, -0.05) is 42.5 Å². The Morgan fingerprint density at radius 1 is 0.970 bits per heavy atom. The van der Waals surface area contributed by atoms with Gasteiger partial charge in [-0.2, -0.15) is 13.2 Å². The van der Waals surface area contributed by atoms with E-state index in [1.165, 1.54) is 18.2 Å². The Morgan fingerprint density at radius 2 is 1.67 bits per heavy atom. The number of halogens is 3. The van der Waals surface area contributed by atoms with Crippen molar-refractivity contribution in [3.63, 3.8) is 0 Å². The second kappa shape index (κ2) is 10.2. The number of aromatic amines is 1. The number of hydrogen-bond acceptors (Lipinski definition) is 4. The van der Waals surface area contributed by atoms with E-state index in [9.17, 15) is 18.0 Å². The van der Waals surface area contributed by atoms with Crippen LogP contribution in [0.25, 0.3) is 11.4 Å². The number of rotatable bonds is 6. The lowest BCUT2D eigenvalue weighted by atomic mass is 10.1. The van der Waals surface area contributed by atoms with E-state index in [1.807, 2.05) is 41.4 Å². The largest absolute Gasteiger partial charge is 0.418 e. The summed E-state index contributed by atoms with van der Waals surface area (Å²) in [6.45, 7) is 3.78. The number of benzene rings is 2. The highest BCUT2D eigenvalue weighted by Gasteiger charge is 2.33. The second-order valence-electron chi connectivity index (χ2n) is 8.12. The SMILES string of the molecule is O=C(CN1CCCN(Cc2cnc(-c3ccccc3)[nH]2)CC1)Nc1ccccc1C(F)(F)F. The van der Waals surface area contributed by atoms with Gasteiger partial charge in [0.05, 0.1) is 17.8 Å². The molecule has 2 heterocycles. The first-order valence-corrected chi connectivity index (χ1v) is 10.9. The molecule has 1 aromatic heterocycles. The summed E-state index contributed by atoms with van der Waals surface area (Å²) in [5, 5.41) is 2.43. The molecule has 4 rings (SSSR count). The highest BCUT2D eigenvalue weighted by Crippen LogP contribution is 2.34. The molecular weight excluding hydrogens is 431 g/mol. The van der Waals surface area contributed by atoms with Crippen LogP contribution in [0, 0.1) is 0 Å². The minimum atomic E-state index is -4.51. The molecule has 0 saturated carbocycles. The molecule has 2 aromatic carbocycles. The number of anilines is 1. The fourth-order valence-electron chi connectivity index (χ4n) is 4.00. The second-order valence-corrected chi connectivity index (χ2v) is 8.12. The number of para-hydroxylation sites is 1. The summed E-state index contributed by atoms with van der Waals surface area (Å²) in [5.41, 5.74) is 1.00. The molecule has 1 saturated heterocycles. The minimum absolute atomic E-state index is 0.0578. The van der Waals surface area contributed by atoms with Gasteiger partial charge in [-0.15, -0.1) is 0 Å². The molecule has 1 aliphatic rings. The molecule has 1 aliphatic heterocycles. The molecule has 6 nitrogen and oxygen atoms in total. The first-order chi connectivity index (χ1) is 15.9. The third-order valence-corrected chi connectivity index (χ3v) is 5.62. The normalized spacial score (nSPS) is 15.8. The zero-order valence-electron chi connectivity index (χ0n) is 18.1. The van der Waals surface area contributed by atoms with E-state index in [2.05, 4.69) is 20.2 Å². The Labute approximate surface area is 190 Å². The van der Waals surface area contributed by atoms with Crippen molar-refractivity contribution < 1.29 is 18.0 Å². The van der Waals surface area contributed by atoms with Crippen LogP contribution < -0.4 is 5.32 Å². The van der Waals surface area contributed by atoms with Crippen LogP contribution in [-0.4, -0.2) is 58.4 Å². The van der Waals surface area contributed by atoms with Crippen molar-refractivity contribution in [2.24, 2.45) is 0 Å². The fourth-order valence-corrected chi connectivity index (χ4v) is 4.00. The maximum Gasteiger partial charge on any atom is 0.418 e. The molecule has 0 radical (unpaired) electrons. The molecule has 9 heteroatoms. The van der Waals surface area contributed by atoms with Gasteiger partial charge in [0, 0.05) is 37.1 Å². The number of carbonyl (C=O) groups is 1. The monoisotopic (exact) mass is 457 g/mol. The fraction of sp³-hybridized carbons (Fsp3) is 0.333. The van der Waals surface area contributed by atoms with Gasteiger partial charge in [0.25, 0.3) is 0 Å². The number of carbonyl (C=O) groups excluding carboxylic acids is 1. The molecule has 2 N–H and O–H groups in total. The van der Waals surface area contributed by atoms with Crippen LogP contribution in [0.4, 0.5) is 18.9 Å². The molecule has 0 unspecified atom stereocenters. The number of amides is 1. The Balaban J connectivity index is 1.29. The van der Waals surface area contributed by atoms with E-state index < -0.39 is 17.6 Å². The van der Waals surface area contributed by atoms with Crippen LogP contribution in [0.1, 0.15) is 17.7 Å². The van der Waals surface area contributed by atoms with Crippen molar-refractivity contribution in [2.45, 2.75) is 19.1 Å². The van der Waals surface area contributed by atoms with Gasteiger partial charge in [0.15, 0.2) is 0 Å². The summed E-state index contributed by atoms with van der Waals surface area (Å²) in [5.74, 6) is 0.388. The molecule has 0 bridgehead atoms. The lowest BCUT2D eigenvalue weighted by Gasteiger charge is -2.21. The first-order valence-electron chi connectivity index (χ1n) is 10.9. The molecule has 174 valence electrons. The smallest absolute Gasteiger partial charge is 0.341 e. The average molecular weight is 458 g/mol. The Kier molecular flexibility index (Phi) is 7.10. The number of nitrogens with one attached hydrogen (secondary N) is 2. The van der Waals surface area contributed by atoms with E-state index in [0.29, 0.717) is 13.1 Å². The standard InChI is InChI=1S/C24H26F3N5O/c25-24(26,27)20-9-4-5-10-21(20)30-22(33)17-32-12-6-11-31(13-14-32)16-19-15-28-23(29-19)18-7-2-1-3-8-18/h1-5,7-10,15H,6,11-14,16-17H2,(H,28,29)(H,30,33). The Bertz CT molecular complexity index is 1070. The van der Waals surface area contributed by atoms with Crippen molar-refractivity contribution in [1.29, 1.82) is 0 Å². The van der Waals surface area contributed by atoms with E-state index in [4.69, 9.17) is 0 Å². The highest BCUT2D eigenvalue weighted by molar-refractivity contribution is 5.93. The van der Waals surface area contributed by atoms with E-state index in [1.54, 1.807) is 0 Å². The number of hydrogen-bond donors (Lipinski definition) is 2. The number of H-pyrrole nitrogens is 1. The topological polar surface area (TPSA) is 64.3 Å². The zero-order valence-corrected chi connectivity index (χ0v) is 18.1. The summed E-state index contributed by atoms with van der Waals surface area (Å²) < 4.78 is 39.5. The average Bonchev–Trinajstić information content (AvgIpc) is 3.15. The molecule has 3 aromatic rings. The van der Waals surface area contributed by atoms with Crippen LogP contribution in [0.15, 0.2) is 60.8 Å². The zero-order chi connectivity index (χ0) is 23.3. The van der Waals surface area contributed by atoms with Crippen LogP contribution in [0.2, 0.25) is 0 Å². The van der Waals surface area contributed by atoms with Crippen molar-refractivity contribution >= 4 is 11.6 Å². The first kappa shape index (κ1) is 23.0. The molecule has 0 aliphatic carbocycles. The maximum absolute atomic E-state index is 13.2. The van der Waals surface area contributed by atoms with Gasteiger partial charge in [0.2, 0.25) is 5.91 Å². The third kappa shape index (κ3) is 6.21.